The van der Waals surface area contributed by atoms with E-state index in [1.807, 2.05) is 37.3 Å². The maximum Gasteiger partial charge on any atom is 0.315 e. The standard InChI is InChI=1S/C18H26N4O/c1-16(15-22-13-11-21(2)12-14-22)20-18(23)19-10-6-9-17-7-4-3-5-8-17/h3-5,7-8,16H,10-15H2,1-2H3,(H2,19,20,23)/t16-/m1/s1. The number of hydrogen-bond donors (Lipinski definition) is 2. The summed E-state index contributed by atoms with van der Waals surface area (Å²) in [5.74, 6) is 5.97. The summed E-state index contributed by atoms with van der Waals surface area (Å²) in [6.07, 6.45) is 0. The van der Waals surface area contributed by atoms with Crippen molar-refractivity contribution in [3.63, 3.8) is 0 Å². The predicted octanol–water partition coefficient (Wildman–Crippen LogP) is 0.973. The second-order valence-electron chi connectivity index (χ2n) is 6.00. The topological polar surface area (TPSA) is 47.6 Å². The Morgan fingerprint density at radius 3 is 2.61 bits per heavy atom. The van der Waals surface area contributed by atoms with Crippen LogP contribution in [0.25, 0.3) is 0 Å². The van der Waals surface area contributed by atoms with Crippen molar-refractivity contribution in [2.24, 2.45) is 0 Å². The molecule has 0 aliphatic carbocycles. The summed E-state index contributed by atoms with van der Waals surface area (Å²) < 4.78 is 0. The number of nitrogens with one attached hydrogen (secondary N) is 2. The molecular weight excluding hydrogens is 288 g/mol. The van der Waals surface area contributed by atoms with Crippen LogP contribution in [0.1, 0.15) is 12.5 Å². The zero-order valence-electron chi connectivity index (χ0n) is 14.0. The number of urea groups is 1. The monoisotopic (exact) mass is 314 g/mol. The van der Waals surface area contributed by atoms with Gasteiger partial charge in [-0.05, 0) is 26.1 Å². The third-order valence-corrected chi connectivity index (χ3v) is 3.85. The molecule has 2 rings (SSSR count). The van der Waals surface area contributed by atoms with E-state index >= 15 is 0 Å². The highest BCUT2D eigenvalue weighted by molar-refractivity contribution is 5.74. The van der Waals surface area contributed by atoms with E-state index < -0.39 is 0 Å². The molecule has 0 bridgehead atoms. The third-order valence-electron chi connectivity index (χ3n) is 3.85. The SMILES string of the molecule is C[C@H](CN1CCN(C)CC1)NC(=O)NCC#Cc1ccccc1. The van der Waals surface area contributed by atoms with E-state index in [1.165, 1.54) is 0 Å². The predicted molar refractivity (Wildman–Crippen MR) is 93.3 cm³/mol. The van der Waals surface area contributed by atoms with Gasteiger partial charge in [-0.3, -0.25) is 4.90 Å². The van der Waals surface area contributed by atoms with E-state index in [4.69, 9.17) is 0 Å². The molecular formula is C18H26N4O. The van der Waals surface area contributed by atoms with E-state index in [0.717, 1.165) is 38.3 Å². The molecule has 2 N–H and O–H groups in total. The third kappa shape index (κ3) is 6.72. The molecule has 0 radical (unpaired) electrons. The van der Waals surface area contributed by atoms with Gasteiger partial charge < -0.3 is 15.5 Å². The molecule has 1 heterocycles. The molecule has 124 valence electrons. The van der Waals surface area contributed by atoms with Gasteiger partial charge in [0.05, 0.1) is 6.54 Å². The number of piperazine rings is 1. The number of hydrogen-bond acceptors (Lipinski definition) is 3. The van der Waals surface area contributed by atoms with Gasteiger partial charge in [0.25, 0.3) is 0 Å². The van der Waals surface area contributed by atoms with Crippen molar-refractivity contribution in [1.29, 1.82) is 0 Å². The highest BCUT2D eigenvalue weighted by Crippen LogP contribution is 2.00. The molecule has 0 unspecified atom stereocenters. The van der Waals surface area contributed by atoms with E-state index in [9.17, 15) is 4.79 Å². The molecule has 1 aromatic rings. The number of carbonyl (C=O) groups excluding carboxylic acids is 1. The molecule has 23 heavy (non-hydrogen) atoms. The minimum Gasteiger partial charge on any atom is -0.334 e. The Kier molecular flexibility index (Phi) is 6.92. The van der Waals surface area contributed by atoms with Crippen molar-refractivity contribution < 1.29 is 4.79 Å². The normalized spacial score (nSPS) is 17.0. The van der Waals surface area contributed by atoms with Crippen LogP contribution in [-0.4, -0.2) is 68.2 Å². The Morgan fingerprint density at radius 1 is 1.22 bits per heavy atom. The first kappa shape index (κ1) is 17.3. The van der Waals surface area contributed by atoms with Crippen molar-refractivity contribution in [3.8, 4) is 11.8 Å². The second-order valence-corrected chi connectivity index (χ2v) is 6.00. The molecule has 1 aromatic carbocycles. The minimum absolute atomic E-state index is 0.125. The van der Waals surface area contributed by atoms with Crippen molar-refractivity contribution in [3.05, 3.63) is 35.9 Å². The molecule has 1 aliphatic rings. The Labute approximate surface area is 139 Å². The molecule has 0 spiro atoms. The van der Waals surface area contributed by atoms with Crippen LogP contribution in [0.4, 0.5) is 4.79 Å². The first-order valence-corrected chi connectivity index (χ1v) is 8.12. The number of benzene rings is 1. The lowest BCUT2D eigenvalue weighted by molar-refractivity contribution is 0.145. The van der Waals surface area contributed by atoms with Gasteiger partial charge in [0.15, 0.2) is 0 Å². The van der Waals surface area contributed by atoms with Crippen molar-refractivity contribution >= 4 is 6.03 Å². The fraction of sp³-hybridized carbons (Fsp3) is 0.500. The summed E-state index contributed by atoms with van der Waals surface area (Å²) in [5, 5.41) is 5.74. The molecule has 5 heteroatoms. The van der Waals surface area contributed by atoms with Gasteiger partial charge in [0.1, 0.15) is 0 Å². The Balaban J connectivity index is 1.63. The number of carbonyl (C=O) groups is 1. The van der Waals surface area contributed by atoms with Crippen molar-refractivity contribution in [2.75, 3.05) is 46.3 Å². The van der Waals surface area contributed by atoms with E-state index in [0.29, 0.717) is 6.54 Å². The van der Waals surface area contributed by atoms with Crippen LogP contribution in [0.5, 0.6) is 0 Å². The number of nitrogens with zero attached hydrogens (tertiary/aromatic N) is 2. The Morgan fingerprint density at radius 2 is 1.91 bits per heavy atom. The molecule has 0 saturated carbocycles. The smallest absolute Gasteiger partial charge is 0.315 e. The van der Waals surface area contributed by atoms with E-state index in [-0.39, 0.29) is 12.1 Å². The summed E-state index contributed by atoms with van der Waals surface area (Å²) >= 11 is 0. The lowest BCUT2D eigenvalue weighted by atomic mass is 10.2. The summed E-state index contributed by atoms with van der Waals surface area (Å²) in [5.41, 5.74) is 0.957. The molecule has 5 nitrogen and oxygen atoms in total. The van der Waals surface area contributed by atoms with Gasteiger partial charge in [-0.2, -0.15) is 0 Å². The molecule has 2 amide bonds. The zero-order valence-corrected chi connectivity index (χ0v) is 14.0. The molecule has 1 aliphatic heterocycles. The average Bonchev–Trinajstić information content (AvgIpc) is 2.55. The molecule has 1 saturated heterocycles. The number of likely N-dealkylation sites (N-methyl/N-ethyl adjacent to an activating group) is 1. The largest absolute Gasteiger partial charge is 0.334 e. The first-order chi connectivity index (χ1) is 11.1. The quantitative estimate of drug-likeness (QED) is 0.814. The van der Waals surface area contributed by atoms with Crippen LogP contribution < -0.4 is 10.6 Å². The summed E-state index contributed by atoms with van der Waals surface area (Å²) in [6.45, 7) is 7.58. The fourth-order valence-electron chi connectivity index (χ4n) is 2.53. The molecule has 1 atom stereocenters. The lowest BCUT2D eigenvalue weighted by Crippen LogP contribution is -2.51. The number of amides is 2. The highest BCUT2D eigenvalue weighted by atomic mass is 16.2. The van der Waals surface area contributed by atoms with Crippen LogP contribution in [0.3, 0.4) is 0 Å². The molecule has 0 aromatic heterocycles. The van der Waals surface area contributed by atoms with Crippen LogP contribution in [-0.2, 0) is 0 Å². The Bertz CT molecular complexity index is 541. The van der Waals surface area contributed by atoms with Gasteiger partial charge in [-0.15, -0.1) is 0 Å². The van der Waals surface area contributed by atoms with Gasteiger partial charge in [0, 0.05) is 44.3 Å². The van der Waals surface area contributed by atoms with Gasteiger partial charge in [-0.1, -0.05) is 30.0 Å². The van der Waals surface area contributed by atoms with E-state index in [1.54, 1.807) is 0 Å². The molecule has 1 fully saturated rings. The Hall–Kier alpha value is -2.03. The average molecular weight is 314 g/mol. The van der Waals surface area contributed by atoms with E-state index in [2.05, 4.69) is 39.3 Å². The van der Waals surface area contributed by atoms with Crippen LogP contribution in [0.2, 0.25) is 0 Å². The summed E-state index contributed by atoms with van der Waals surface area (Å²) in [4.78, 5) is 16.6. The minimum atomic E-state index is -0.158. The van der Waals surface area contributed by atoms with Crippen LogP contribution in [0.15, 0.2) is 30.3 Å². The van der Waals surface area contributed by atoms with Crippen LogP contribution >= 0.6 is 0 Å². The van der Waals surface area contributed by atoms with Crippen molar-refractivity contribution in [1.82, 2.24) is 20.4 Å². The zero-order chi connectivity index (χ0) is 16.5. The van der Waals surface area contributed by atoms with Gasteiger partial charge in [0.2, 0.25) is 0 Å². The van der Waals surface area contributed by atoms with Crippen LogP contribution in [0, 0.1) is 11.8 Å². The van der Waals surface area contributed by atoms with Crippen molar-refractivity contribution in [2.45, 2.75) is 13.0 Å². The maximum atomic E-state index is 11.8. The first-order valence-electron chi connectivity index (χ1n) is 8.12. The maximum absolute atomic E-state index is 11.8. The highest BCUT2D eigenvalue weighted by Gasteiger charge is 2.16. The lowest BCUT2D eigenvalue weighted by Gasteiger charge is -2.34. The van der Waals surface area contributed by atoms with Gasteiger partial charge >= 0.3 is 6.03 Å². The summed E-state index contributed by atoms with van der Waals surface area (Å²) in [7, 11) is 2.14. The number of rotatable bonds is 4. The van der Waals surface area contributed by atoms with Gasteiger partial charge in [-0.25, -0.2) is 4.79 Å². The fourth-order valence-corrected chi connectivity index (χ4v) is 2.53. The summed E-state index contributed by atoms with van der Waals surface area (Å²) in [6, 6.07) is 9.72. The second kappa shape index (κ2) is 9.19.